The Balaban J connectivity index is 2.30. The van der Waals surface area contributed by atoms with E-state index in [1.807, 2.05) is 18.2 Å². The molecule has 0 amide bonds. The van der Waals surface area contributed by atoms with Crippen LogP contribution in [0.5, 0.6) is 0 Å². The van der Waals surface area contributed by atoms with Gasteiger partial charge in [0.1, 0.15) is 0 Å². The largest absolute Gasteiger partial charge is 0.331 e. The SMILES string of the molecule is CC(C)CCCC(C)n1c(=S)[nH]c2ccc(C#N)cc21. The van der Waals surface area contributed by atoms with Gasteiger partial charge >= 0.3 is 0 Å². The van der Waals surface area contributed by atoms with E-state index in [9.17, 15) is 0 Å². The number of aromatic nitrogens is 2. The summed E-state index contributed by atoms with van der Waals surface area (Å²) in [4.78, 5) is 3.23. The standard InChI is InChI=1S/C16H21N3S/c1-11(2)5-4-6-12(3)19-15-9-13(10-17)7-8-14(15)18-16(19)20/h7-9,11-12H,4-6H2,1-3H3,(H,18,20). The number of benzene rings is 1. The molecule has 0 aliphatic rings. The number of rotatable bonds is 5. The lowest BCUT2D eigenvalue weighted by Crippen LogP contribution is -2.05. The molecule has 1 atom stereocenters. The summed E-state index contributed by atoms with van der Waals surface area (Å²) >= 11 is 5.44. The highest BCUT2D eigenvalue weighted by molar-refractivity contribution is 7.71. The normalized spacial score (nSPS) is 12.8. The third kappa shape index (κ3) is 3.10. The van der Waals surface area contributed by atoms with E-state index in [-0.39, 0.29) is 0 Å². The van der Waals surface area contributed by atoms with Gasteiger partial charge in [-0.1, -0.05) is 26.7 Å². The molecule has 0 saturated carbocycles. The van der Waals surface area contributed by atoms with Gasteiger partial charge in [0, 0.05) is 6.04 Å². The maximum Gasteiger partial charge on any atom is 0.178 e. The highest BCUT2D eigenvalue weighted by Gasteiger charge is 2.12. The number of fused-ring (bicyclic) bond motifs is 1. The molecule has 1 N–H and O–H groups in total. The van der Waals surface area contributed by atoms with Crippen LogP contribution in [0, 0.1) is 22.0 Å². The van der Waals surface area contributed by atoms with Gasteiger partial charge in [-0.25, -0.2) is 0 Å². The Kier molecular flexibility index (Phi) is 4.61. The average Bonchev–Trinajstić information content (AvgIpc) is 2.72. The maximum absolute atomic E-state index is 9.04. The topological polar surface area (TPSA) is 44.5 Å². The quantitative estimate of drug-likeness (QED) is 0.790. The molecule has 1 unspecified atom stereocenters. The van der Waals surface area contributed by atoms with E-state index in [0.717, 1.165) is 28.1 Å². The van der Waals surface area contributed by atoms with Crippen molar-refractivity contribution in [1.82, 2.24) is 9.55 Å². The van der Waals surface area contributed by atoms with Crippen LogP contribution in [0.15, 0.2) is 18.2 Å². The van der Waals surface area contributed by atoms with E-state index >= 15 is 0 Å². The zero-order valence-corrected chi connectivity index (χ0v) is 13.1. The van der Waals surface area contributed by atoms with Gasteiger partial charge in [0.2, 0.25) is 0 Å². The number of imidazole rings is 1. The Labute approximate surface area is 125 Å². The second-order valence-electron chi connectivity index (χ2n) is 5.82. The predicted octanol–water partition coefficient (Wildman–Crippen LogP) is 4.96. The van der Waals surface area contributed by atoms with E-state index in [1.165, 1.54) is 12.8 Å². The van der Waals surface area contributed by atoms with Crippen molar-refractivity contribution < 1.29 is 0 Å². The molecule has 2 aromatic rings. The number of hydrogen-bond acceptors (Lipinski definition) is 2. The van der Waals surface area contributed by atoms with E-state index < -0.39 is 0 Å². The van der Waals surface area contributed by atoms with Crippen LogP contribution in [0.2, 0.25) is 0 Å². The molecule has 0 spiro atoms. The first-order valence-corrected chi connectivity index (χ1v) is 7.58. The van der Waals surface area contributed by atoms with Crippen molar-refractivity contribution in [1.29, 1.82) is 5.26 Å². The molecule has 2 rings (SSSR count). The number of H-pyrrole nitrogens is 1. The highest BCUT2D eigenvalue weighted by Crippen LogP contribution is 2.24. The molecule has 4 heteroatoms. The fourth-order valence-electron chi connectivity index (χ4n) is 2.58. The van der Waals surface area contributed by atoms with Crippen LogP contribution in [-0.2, 0) is 0 Å². The first-order valence-electron chi connectivity index (χ1n) is 7.17. The smallest absolute Gasteiger partial charge is 0.178 e. The number of nitriles is 1. The molecular weight excluding hydrogens is 266 g/mol. The van der Waals surface area contributed by atoms with Crippen LogP contribution in [-0.4, -0.2) is 9.55 Å². The van der Waals surface area contributed by atoms with Gasteiger partial charge in [0.05, 0.1) is 22.7 Å². The minimum absolute atomic E-state index is 0.351. The van der Waals surface area contributed by atoms with Crippen molar-refractivity contribution in [2.45, 2.75) is 46.1 Å². The molecule has 106 valence electrons. The van der Waals surface area contributed by atoms with Gasteiger partial charge in [-0.3, -0.25) is 0 Å². The van der Waals surface area contributed by atoms with Gasteiger partial charge < -0.3 is 9.55 Å². The Morgan fingerprint density at radius 2 is 2.05 bits per heavy atom. The molecule has 0 fully saturated rings. The lowest BCUT2D eigenvalue weighted by Gasteiger charge is -2.15. The van der Waals surface area contributed by atoms with Gasteiger partial charge in [-0.05, 0) is 49.7 Å². The van der Waals surface area contributed by atoms with Crippen molar-refractivity contribution in [3.05, 3.63) is 28.5 Å². The molecule has 1 aromatic heterocycles. The number of nitrogens with one attached hydrogen (secondary N) is 1. The van der Waals surface area contributed by atoms with Crippen molar-refractivity contribution in [3.8, 4) is 6.07 Å². The molecule has 0 saturated heterocycles. The summed E-state index contributed by atoms with van der Waals surface area (Å²) in [5.41, 5.74) is 2.71. The monoisotopic (exact) mass is 287 g/mol. The molecule has 0 bridgehead atoms. The molecule has 1 aromatic carbocycles. The fourth-order valence-corrected chi connectivity index (χ4v) is 2.97. The summed E-state index contributed by atoms with van der Waals surface area (Å²) in [5.74, 6) is 0.739. The summed E-state index contributed by atoms with van der Waals surface area (Å²) in [5, 5.41) is 9.04. The van der Waals surface area contributed by atoms with Crippen LogP contribution in [0.4, 0.5) is 0 Å². The first kappa shape index (κ1) is 14.8. The number of aromatic amines is 1. The third-order valence-electron chi connectivity index (χ3n) is 3.69. The van der Waals surface area contributed by atoms with E-state index in [0.29, 0.717) is 11.6 Å². The maximum atomic E-state index is 9.04. The van der Waals surface area contributed by atoms with Gasteiger partial charge in [0.25, 0.3) is 0 Å². The van der Waals surface area contributed by atoms with Crippen LogP contribution in [0.25, 0.3) is 11.0 Å². The fraction of sp³-hybridized carbons (Fsp3) is 0.500. The van der Waals surface area contributed by atoms with E-state index in [1.54, 1.807) is 0 Å². The summed E-state index contributed by atoms with van der Waals surface area (Å²) in [6, 6.07) is 8.21. The molecule has 20 heavy (non-hydrogen) atoms. The minimum atomic E-state index is 0.351. The Morgan fingerprint density at radius 1 is 1.30 bits per heavy atom. The number of hydrogen-bond donors (Lipinski definition) is 1. The molecule has 0 aliphatic heterocycles. The molecule has 0 aliphatic carbocycles. The molecule has 3 nitrogen and oxygen atoms in total. The van der Waals surface area contributed by atoms with Crippen LogP contribution in [0.3, 0.4) is 0 Å². The lowest BCUT2D eigenvalue weighted by molar-refractivity contribution is 0.451. The second-order valence-corrected chi connectivity index (χ2v) is 6.20. The van der Waals surface area contributed by atoms with Crippen molar-refractivity contribution in [2.24, 2.45) is 5.92 Å². The van der Waals surface area contributed by atoms with Crippen LogP contribution >= 0.6 is 12.2 Å². The Morgan fingerprint density at radius 3 is 2.70 bits per heavy atom. The molecule has 1 heterocycles. The minimum Gasteiger partial charge on any atom is -0.331 e. The second kappa shape index (κ2) is 6.23. The summed E-state index contributed by atoms with van der Waals surface area (Å²) in [6.45, 7) is 6.70. The lowest BCUT2D eigenvalue weighted by atomic mass is 10.0. The van der Waals surface area contributed by atoms with Crippen molar-refractivity contribution in [3.63, 3.8) is 0 Å². The van der Waals surface area contributed by atoms with Gasteiger partial charge in [0.15, 0.2) is 4.77 Å². The zero-order chi connectivity index (χ0) is 14.7. The van der Waals surface area contributed by atoms with Crippen molar-refractivity contribution >= 4 is 23.3 Å². The predicted molar refractivity (Wildman–Crippen MR) is 85.2 cm³/mol. The summed E-state index contributed by atoms with van der Waals surface area (Å²) < 4.78 is 2.89. The Hall–Kier alpha value is -1.60. The van der Waals surface area contributed by atoms with E-state index in [2.05, 4.69) is 36.4 Å². The Bertz CT molecular complexity index is 688. The average molecular weight is 287 g/mol. The molecular formula is C16H21N3S. The van der Waals surface area contributed by atoms with E-state index in [4.69, 9.17) is 17.5 Å². The van der Waals surface area contributed by atoms with Gasteiger partial charge in [-0.15, -0.1) is 0 Å². The first-order chi connectivity index (χ1) is 9.52. The summed E-state index contributed by atoms with van der Waals surface area (Å²) in [6.07, 6.45) is 3.55. The number of nitrogens with zero attached hydrogens (tertiary/aromatic N) is 2. The van der Waals surface area contributed by atoms with Crippen molar-refractivity contribution in [2.75, 3.05) is 0 Å². The van der Waals surface area contributed by atoms with Gasteiger partial charge in [-0.2, -0.15) is 5.26 Å². The zero-order valence-electron chi connectivity index (χ0n) is 12.3. The third-order valence-corrected chi connectivity index (χ3v) is 3.99. The van der Waals surface area contributed by atoms with Crippen LogP contribution < -0.4 is 0 Å². The molecule has 0 radical (unpaired) electrons. The summed E-state index contributed by atoms with van der Waals surface area (Å²) in [7, 11) is 0. The highest BCUT2D eigenvalue weighted by atomic mass is 32.1. The van der Waals surface area contributed by atoms with Crippen LogP contribution in [0.1, 0.15) is 51.6 Å².